The van der Waals surface area contributed by atoms with Crippen molar-refractivity contribution in [3.05, 3.63) is 11.9 Å². The lowest BCUT2D eigenvalue weighted by Crippen LogP contribution is -2.43. The number of carbonyl (C=O) groups excluding carboxylic acids is 1. The van der Waals surface area contributed by atoms with Crippen LogP contribution in [0.4, 0.5) is 0 Å². The van der Waals surface area contributed by atoms with Gasteiger partial charge in [-0.3, -0.25) is 4.79 Å². The maximum Gasteiger partial charge on any atom is 0.327 e. The molecule has 2 aliphatic heterocycles. The largest absolute Gasteiger partial charge is 0.480 e. The molecule has 102 valence electrons. The average molecular weight is 283 g/mol. The number of hydrogen-bond acceptors (Lipinski definition) is 6. The fourth-order valence-corrected chi connectivity index (χ4v) is 3.15. The second-order valence-corrected chi connectivity index (χ2v) is 5.52. The highest BCUT2D eigenvalue weighted by molar-refractivity contribution is 7.99. The van der Waals surface area contributed by atoms with Crippen molar-refractivity contribution in [3.63, 3.8) is 0 Å². The van der Waals surface area contributed by atoms with E-state index in [9.17, 15) is 9.59 Å². The molecule has 0 aromatic carbocycles. The maximum absolute atomic E-state index is 12.2. The number of rotatable bonds is 3. The van der Waals surface area contributed by atoms with E-state index < -0.39 is 12.0 Å². The summed E-state index contributed by atoms with van der Waals surface area (Å²) >= 11 is 1.43. The van der Waals surface area contributed by atoms with Gasteiger partial charge >= 0.3 is 5.97 Å². The molecule has 2 aliphatic rings. The van der Waals surface area contributed by atoms with E-state index in [0.717, 1.165) is 13.1 Å². The lowest BCUT2D eigenvalue weighted by atomic mass is 10.2. The Morgan fingerprint density at radius 2 is 2.26 bits per heavy atom. The van der Waals surface area contributed by atoms with Crippen LogP contribution in [0, 0.1) is 0 Å². The van der Waals surface area contributed by atoms with E-state index >= 15 is 0 Å². The highest BCUT2D eigenvalue weighted by Crippen LogP contribution is 2.23. The smallest absolute Gasteiger partial charge is 0.327 e. The number of carboxylic acid groups (broad SMARTS) is 1. The van der Waals surface area contributed by atoms with Gasteiger partial charge in [-0.25, -0.2) is 9.48 Å². The molecule has 0 radical (unpaired) electrons. The van der Waals surface area contributed by atoms with E-state index in [1.165, 1.54) is 16.7 Å². The summed E-state index contributed by atoms with van der Waals surface area (Å²) in [4.78, 5) is 24.6. The molecule has 0 unspecified atom stereocenters. The second kappa shape index (κ2) is 4.82. The molecule has 0 bridgehead atoms. The van der Waals surface area contributed by atoms with Crippen LogP contribution in [-0.2, 0) is 4.79 Å². The van der Waals surface area contributed by atoms with Crippen molar-refractivity contribution in [2.24, 2.45) is 0 Å². The summed E-state index contributed by atoms with van der Waals surface area (Å²) in [6.07, 6.45) is 1.59. The summed E-state index contributed by atoms with van der Waals surface area (Å²) in [6.45, 7) is 1.63. The number of amides is 1. The van der Waals surface area contributed by atoms with E-state index in [1.54, 1.807) is 10.9 Å². The Hall–Kier alpha value is -1.61. The van der Waals surface area contributed by atoms with Crippen LogP contribution in [0.3, 0.4) is 0 Å². The van der Waals surface area contributed by atoms with Gasteiger partial charge in [-0.2, -0.15) is 0 Å². The Morgan fingerprint density at radius 3 is 2.89 bits per heavy atom. The molecule has 0 saturated carbocycles. The first-order valence-corrected chi connectivity index (χ1v) is 7.06. The first-order valence-electron chi connectivity index (χ1n) is 5.91. The zero-order valence-electron chi connectivity index (χ0n) is 10.0. The third-order valence-electron chi connectivity index (χ3n) is 3.29. The van der Waals surface area contributed by atoms with Crippen molar-refractivity contribution in [1.82, 2.24) is 25.2 Å². The van der Waals surface area contributed by atoms with Crippen LogP contribution in [0.5, 0.6) is 0 Å². The molecule has 0 aliphatic carbocycles. The van der Waals surface area contributed by atoms with Gasteiger partial charge in [0.15, 0.2) is 5.69 Å². The SMILES string of the molecule is O=C(O)[C@@H]1CSCN1C(=O)c1cn(C2CNC2)nn1. The number of nitrogens with zero attached hydrogens (tertiary/aromatic N) is 4. The van der Waals surface area contributed by atoms with Gasteiger partial charge in [-0.05, 0) is 0 Å². The molecule has 3 rings (SSSR count). The zero-order chi connectivity index (χ0) is 13.4. The Labute approximate surface area is 113 Å². The molecule has 1 amide bonds. The van der Waals surface area contributed by atoms with Gasteiger partial charge in [0.2, 0.25) is 0 Å². The second-order valence-electron chi connectivity index (χ2n) is 4.52. The number of thioether (sulfide) groups is 1. The fourth-order valence-electron chi connectivity index (χ4n) is 2.01. The molecule has 1 aromatic rings. The zero-order valence-corrected chi connectivity index (χ0v) is 10.8. The molecule has 1 aromatic heterocycles. The average Bonchev–Trinajstić information content (AvgIpc) is 2.93. The van der Waals surface area contributed by atoms with Crippen molar-refractivity contribution < 1.29 is 14.7 Å². The molecular weight excluding hydrogens is 270 g/mol. The fraction of sp³-hybridized carbons (Fsp3) is 0.600. The number of aliphatic carboxylic acids is 1. The molecule has 8 nitrogen and oxygen atoms in total. The van der Waals surface area contributed by atoms with Gasteiger partial charge in [0.1, 0.15) is 6.04 Å². The van der Waals surface area contributed by atoms with E-state index in [4.69, 9.17) is 5.11 Å². The number of hydrogen-bond donors (Lipinski definition) is 2. The standard InChI is InChI=1S/C10H13N5O3S/c16-9(14-5-19-4-8(14)10(17)18)7-3-15(13-12-7)6-1-11-2-6/h3,6,8,11H,1-2,4-5H2,(H,17,18)/t8-/m0/s1. The normalized spacial score (nSPS) is 23.4. The van der Waals surface area contributed by atoms with Crippen molar-refractivity contribution in [1.29, 1.82) is 0 Å². The van der Waals surface area contributed by atoms with Crippen molar-refractivity contribution in [3.8, 4) is 0 Å². The maximum atomic E-state index is 12.2. The molecular formula is C10H13N5O3S. The Balaban J connectivity index is 1.75. The van der Waals surface area contributed by atoms with Gasteiger partial charge in [-0.1, -0.05) is 5.21 Å². The summed E-state index contributed by atoms with van der Waals surface area (Å²) in [5.41, 5.74) is 0.209. The van der Waals surface area contributed by atoms with Gasteiger partial charge in [0.25, 0.3) is 5.91 Å². The third kappa shape index (κ3) is 2.19. The van der Waals surface area contributed by atoms with Gasteiger partial charge in [-0.15, -0.1) is 16.9 Å². The van der Waals surface area contributed by atoms with Crippen molar-refractivity contribution in [2.45, 2.75) is 12.1 Å². The number of carboxylic acids is 1. The predicted octanol–water partition coefficient (Wildman–Crippen LogP) is -0.978. The quantitative estimate of drug-likeness (QED) is 0.735. The van der Waals surface area contributed by atoms with E-state index in [2.05, 4.69) is 15.6 Å². The molecule has 2 N–H and O–H groups in total. The molecule has 9 heteroatoms. The highest BCUT2D eigenvalue weighted by atomic mass is 32.2. The summed E-state index contributed by atoms with van der Waals surface area (Å²) in [6, 6.07) is -0.537. The molecule has 1 atom stereocenters. The molecule has 19 heavy (non-hydrogen) atoms. The van der Waals surface area contributed by atoms with Crippen LogP contribution in [0.25, 0.3) is 0 Å². The number of carbonyl (C=O) groups is 2. The van der Waals surface area contributed by atoms with Crippen molar-refractivity contribution in [2.75, 3.05) is 24.7 Å². The topological polar surface area (TPSA) is 100 Å². The van der Waals surface area contributed by atoms with Crippen LogP contribution in [-0.4, -0.2) is 67.6 Å². The van der Waals surface area contributed by atoms with Gasteiger partial charge in [0, 0.05) is 18.8 Å². The molecule has 2 fully saturated rings. The monoisotopic (exact) mass is 283 g/mol. The molecule has 0 spiro atoms. The van der Waals surface area contributed by atoms with Gasteiger partial charge in [0.05, 0.1) is 18.1 Å². The summed E-state index contributed by atoms with van der Waals surface area (Å²) in [5, 5.41) is 19.9. The minimum atomic E-state index is -0.978. The highest BCUT2D eigenvalue weighted by Gasteiger charge is 2.36. The molecule has 3 heterocycles. The Kier molecular flexibility index (Phi) is 3.15. The summed E-state index contributed by atoms with van der Waals surface area (Å²) in [5.74, 6) is -0.542. The van der Waals surface area contributed by atoms with Crippen LogP contribution < -0.4 is 5.32 Å². The first-order chi connectivity index (χ1) is 9.16. The van der Waals surface area contributed by atoms with Crippen LogP contribution in [0.1, 0.15) is 16.5 Å². The van der Waals surface area contributed by atoms with Crippen molar-refractivity contribution >= 4 is 23.6 Å². The van der Waals surface area contributed by atoms with E-state index in [-0.39, 0.29) is 17.6 Å². The predicted molar refractivity (Wildman–Crippen MR) is 66.8 cm³/mol. The Bertz CT molecular complexity index is 515. The van der Waals surface area contributed by atoms with E-state index in [0.29, 0.717) is 11.6 Å². The summed E-state index contributed by atoms with van der Waals surface area (Å²) in [7, 11) is 0. The lowest BCUT2D eigenvalue weighted by molar-refractivity contribution is -0.140. The first kappa shape index (κ1) is 12.4. The summed E-state index contributed by atoms with van der Waals surface area (Å²) < 4.78 is 1.66. The minimum Gasteiger partial charge on any atom is -0.480 e. The third-order valence-corrected chi connectivity index (χ3v) is 4.30. The molecule has 2 saturated heterocycles. The minimum absolute atomic E-state index is 0.209. The van der Waals surface area contributed by atoms with Crippen LogP contribution >= 0.6 is 11.8 Å². The Morgan fingerprint density at radius 1 is 1.47 bits per heavy atom. The van der Waals surface area contributed by atoms with Crippen LogP contribution in [0.2, 0.25) is 0 Å². The lowest BCUT2D eigenvalue weighted by Gasteiger charge is -2.26. The number of nitrogens with one attached hydrogen (secondary N) is 1. The van der Waals surface area contributed by atoms with E-state index in [1.807, 2.05) is 0 Å². The number of aromatic nitrogens is 3. The van der Waals surface area contributed by atoms with Gasteiger partial charge < -0.3 is 15.3 Å². The van der Waals surface area contributed by atoms with Crippen LogP contribution in [0.15, 0.2) is 6.20 Å².